The predicted octanol–water partition coefficient (Wildman–Crippen LogP) is 3.36. The molecule has 188 valence electrons. The van der Waals surface area contributed by atoms with Gasteiger partial charge in [0.25, 0.3) is 5.91 Å². The van der Waals surface area contributed by atoms with Crippen molar-refractivity contribution in [2.45, 2.75) is 13.0 Å². The second-order valence-corrected chi connectivity index (χ2v) is 8.82. The van der Waals surface area contributed by atoms with Crippen LogP contribution < -0.4 is 10.6 Å². The van der Waals surface area contributed by atoms with Crippen LogP contribution in [0.1, 0.15) is 28.8 Å². The van der Waals surface area contributed by atoms with E-state index in [0.717, 1.165) is 29.0 Å². The van der Waals surface area contributed by atoms with Crippen molar-refractivity contribution in [2.24, 2.45) is 5.92 Å². The fraction of sp³-hybridized carbons (Fsp3) is 0.185. The Morgan fingerprint density at radius 1 is 1.16 bits per heavy atom. The Labute approximate surface area is 211 Å². The third-order valence-corrected chi connectivity index (χ3v) is 6.32. The number of rotatable bonds is 7. The lowest BCUT2D eigenvalue weighted by atomic mass is 10.0. The number of aromatic nitrogens is 2. The first-order valence-electron chi connectivity index (χ1n) is 11.7. The molecule has 10 heteroatoms. The average molecular weight is 504 g/mol. The van der Waals surface area contributed by atoms with Gasteiger partial charge in [-0.15, -0.1) is 0 Å². The van der Waals surface area contributed by atoms with E-state index in [9.17, 15) is 23.2 Å². The summed E-state index contributed by atoms with van der Waals surface area (Å²) < 4.78 is 26.6. The second-order valence-electron chi connectivity index (χ2n) is 8.82. The van der Waals surface area contributed by atoms with Crippen molar-refractivity contribution in [2.75, 3.05) is 18.4 Å². The van der Waals surface area contributed by atoms with Gasteiger partial charge in [0.2, 0.25) is 11.8 Å². The Kier molecular flexibility index (Phi) is 6.63. The number of likely N-dealkylation sites (tertiary alicyclic amines) is 1. The molecule has 2 aliphatic heterocycles. The SMILES string of the molecule is O=C1Nc2cc(/C=C/CNC(=O)C3CCN(Cc4ccc(F)c(F)c4)C3=O)ccc2/C1=C/c1cnc[nH]1. The van der Waals surface area contributed by atoms with Gasteiger partial charge in [-0.25, -0.2) is 13.8 Å². The minimum Gasteiger partial charge on any atom is -0.352 e. The Morgan fingerprint density at radius 2 is 2.03 bits per heavy atom. The highest BCUT2D eigenvalue weighted by atomic mass is 19.2. The van der Waals surface area contributed by atoms with E-state index < -0.39 is 17.6 Å². The standard InChI is InChI=1S/C27H23F2N5O3/c28-22-6-4-17(10-23(22)29)14-34-9-7-20(27(34)37)25(35)31-8-1-2-16-3-5-19-21(12-18-13-30-15-32-18)26(36)33-24(19)11-16/h1-6,10-13,15,20H,7-9,14H2,(H,30,32)(H,31,35)(H,33,36)/b2-1+,21-12-. The summed E-state index contributed by atoms with van der Waals surface area (Å²) in [6, 6.07) is 9.07. The highest BCUT2D eigenvalue weighted by Gasteiger charge is 2.36. The third-order valence-electron chi connectivity index (χ3n) is 6.32. The molecule has 3 heterocycles. The quantitative estimate of drug-likeness (QED) is 0.340. The van der Waals surface area contributed by atoms with Crippen LogP contribution in [0.4, 0.5) is 14.5 Å². The molecule has 3 N–H and O–H groups in total. The van der Waals surface area contributed by atoms with Gasteiger partial charge in [-0.2, -0.15) is 0 Å². The molecule has 2 aromatic carbocycles. The van der Waals surface area contributed by atoms with E-state index in [0.29, 0.717) is 29.8 Å². The summed E-state index contributed by atoms with van der Waals surface area (Å²) in [5.41, 5.74) is 4.06. The van der Waals surface area contributed by atoms with Crippen molar-refractivity contribution < 1.29 is 23.2 Å². The number of benzene rings is 2. The molecule has 37 heavy (non-hydrogen) atoms. The van der Waals surface area contributed by atoms with Crippen molar-refractivity contribution in [1.82, 2.24) is 20.2 Å². The number of halogens is 2. The molecule has 1 fully saturated rings. The number of imidazole rings is 1. The molecule has 1 unspecified atom stereocenters. The van der Waals surface area contributed by atoms with E-state index >= 15 is 0 Å². The smallest absolute Gasteiger partial charge is 0.256 e. The maximum atomic E-state index is 13.4. The molecule has 5 rings (SSSR count). The number of fused-ring (bicyclic) bond motifs is 1. The number of hydrogen-bond donors (Lipinski definition) is 3. The Balaban J connectivity index is 1.15. The number of hydrogen-bond acceptors (Lipinski definition) is 4. The van der Waals surface area contributed by atoms with Crippen LogP contribution in [0.15, 0.2) is 55.0 Å². The number of H-pyrrole nitrogens is 1. The van der Waals surface area contributed by atoms with Gasteiger partial charge in [0.05, 0.1) is 23.8 Å². The lowest BCUT2D eigenvalue weighted by Crippen LogP contribution is -2.36. The molecule has 8 nitrogen and oxygen atoms in total. The van der Waals surface area contributed by atoms with Gasteiger partial charge in [-0.1, -0.05) is 30.4 Å². The monoisotopic (exact) mass is 503 g/mol. The van der Waals surface area contributed by atoms with Gasteiger partial charge in [-0.05, 0) is 41.8 Å². The van der Waals surface area contributed by atoms with Crippen LogP contribution in [0.25, 0.3) is 17.7 Å². The average Bonchev–Trinajstić information content (AvgIpc) is 3.60. The second kappa shape index (κ2) is 10.2. The molecule has 1 saturated heterocycles. The van der Waals surface area contributed by atoms with Crippen LogP contribution in [0.5, 0.6) is 0 Å². The molecular weight excluding hydrogens is 480 g/mol. The Morgan fingerprint density at radius 3 is 2.81 bits per heavy atom. The van der Waals surface area contributed by atoms with Crippen LogP contribution >= 0.6 is 0 Å². The van der Waals surface area contributed by atoms with Gasteiger partial charge < -0.3 is 20.5 Å². The maximum absolute atomic E-state index is 13.4. The van der Waals surface area contributed by atoms with E-state index in [1.54, 1.807) is 24.7 Å². The van der Waals surface area contributed by atoms with Crippen molar-refractivity contribution in [3.8, 4) is 0 Å². The summed E-state index contributed by atoms with van der Waals surface area (Å²) in [5, 5.41) is 5.60. The Bertz CT molecular complexity index is 1430. The summed E-state index contributed by atoms with van der Waals surface area (Å²) in [5.74, 6) is -3.64. The van der Waals surface area contributed by atoms with Crippen LogP contribution in [-0.2, 0) is 20.9 Å². The number of carbonyl (C=O) groups excluding carboxylic acids is 3. The number of anilines is 1. The van der Waals surface area contributed by atoms with Crippen molar-refractivity contribution in [3.05, 3.63) is 89.0 Å². The number of nitrogens with zero attached hydrogens (tertiary/aromatic N) is 2. The lowest BCUT2D eigenvalue weighted by Gasteiger charge is -2.16. The molecule has 3 aromatic rings. The molecule has 3 amide bonds. The van der Waals surface area contributed by atoms with Crippen LogP contribution in [-0.4, -0.2) is 45.7 Å². The maximum Gasteiger partial charge on any atom is 0.256 e. The van der Waals surface area contributed by atoms with Gasteiger partial charge in [-0.3, -0.25) is 14.4 Å². The van der Waals surface area contributed by atoms with Crippen LogP contribution in [0.2, 0.25) is 0 Å². The van der Waals surface area contributed by atoms with Crippen LogP contribution in [0, 0.1) is 17.6 Å². The van der Waals surface area contributed by atoms with Gasteiger partial charge >= 0.3 is 0 Å². The van der Waals surface area contributed by atoms with Crippen LogP contribution in [0.3, 0.4) is 0 Å². The summed E-state index contributed by atoms with van der Waals surface area (Å²) in [4.78, 5) is 46.0. The summed E-state index contributed by atoms with van der Waals surface area (Å²) in [6.45, 7) is 0.705. The minimum atomic E-state index is -0.970. The fourth-order valence-electron chi connectivity index (χ4n) is 4.44. The van der Waals surface area contributed by atoms with Gasteiger partial charge in [0.15, 0.2) is 11.6 Å². The first-order valence-corrected chi connectivity index (χ1v) is 11.7. The zero-order valence-electron chi connectivity index (χ0n) is 19.6. The minimum absolute atomic E-state index is 0.118. The normalized spacial score (nSPS) is 18.1. The first kappa shape index (κ1) is 24.1. The summed E-state index contributed by atoms with van der Waals surface area (Å²) in [7, 11) is 0. The largest absolute Gasteiger partial charge is 0.352 e. The molecule has 1 aromatic heterocycles. The molecule has 0 saturated carbocycles. The zero-order valence-corrected chi connectivity index (χ0v) is 19.6. The van der Waals surface area contributed by atoms with E-state index in [4.69, 9.17) is 0 Å². The van der Waals surface area contributed by atoms with E-state index in [-0.39, 0.29) is 30.8 Å². The number of nitrogens with one attached hydrogen (secondary N) is 3. The van der Waals surface area contributed by atoms with Crippen molar-refractivity contribution in [3.63, 3.8) is 0 Å². The van der Waals surface area contributed by atoms with Crippen molar-refractivity contribution >= 4 is 41.1 Å². The van der Waals surface area contributed by atoms with Gasteiger partial charge in [0.1, 0.15) is 5.92 Å². The molecule has 0 spiro atoms. The summed E-state index contributed by atoms with van der Waals surface area (Å²) in [6.07, 6.45) is 8.85. The van der Waals surface area contributed by atoms with E-state index in [1.807, 2.05) is 24.3 Å². The molecule has 0 radical (unpaired) electrons. The highest BCUT2D eigenvalue weighted by Crippen LogP contribution is 2.33. The van der Waals surface area contributed by atoms with Gasteiger partial charge in [0, 0.05) is 30.9 Å². The lowest BCUT2D eigenvalue weighted by molar-refractivity contribution is -0.138. The summed E-state index contributed by atoms with van der Waals surface area (Å²) >= 11 is 0. The molecule has 0 bridgehead atoms. The number of amides is 3. The fourth-order valence-corrected chi connectivity index (χ4v) is 4.44. The Hall–Kier alpha value is -4.60. The molecule has 2 aliphatic rings. The molecule has 0 aliphatic carbocycles. The number of carbonyl (C=O) groups is 3. The molecular formula is C27H23F2N5O3. The first-order chi connectivity index (χ1) is 17.9. The topological polar surface area (TPSA) is 107 Å². The van der Waals surface area contributed by atoms with E-state index in [1.165, 1.54) is 11.0 Å². The molecule has 1 atom stereocenters. The number of aromatic amines is 1. The predicted molar refractivity (Wildman–Crippen MR) is 133 cm³/mol. The zero-order chi connectivity index (χ0) is 25.9. The highest BCUT2D eigenvalue weighted by molar-refractivity contribution is 6.34. The van der Waals surface area contributed by atoms with Crippen molar-refractivity contribution in [1.29, 1.82) is 0 Å². The van der Waals surface area contributed by atoms with E-state index in [2.05, 4.69) is 20.6 Å². The third kappa shape index (κ3) is 5.18.